The number of ether oxygens (including phenoxy) is 3. The molecule has 42 heavy (non-hydrogen) atoms. The van der Waals surface area contributed by atoms with E-state index in [1.54, 1.807) is 37.4 Å². The monoisotopic (exact) mass is 580 g/mol. The van der Waals surface area contributed by atoms with E-state index in [4.69, 9.17) is 14.2 Å². The van der Waals surface area contributed by atoms with Crippen molar-refractivity contribution in [1.29, 1.82) is 0 Å². The van der Waals surface area contributed by atoms with Crippen molar-refractivity contribution in [3.05, 3.63) is 53.8 Å². The lowest BCUT2D eigenvalue weighted by molar-refractivity contribution is -0.143. The van der Waals surface area contributed by atoms with Gasteiger partial charge in [0.1, 0.15) is 18.4 Å². The Morgan fingerprint density at radius 2 is 1.81 bits per heavy atom. The van der Waals surface area contributed by atoms with E-state index in [-0.39, 0.29) is 37.0 Å². The van der Waals surface area contributed by atoms with Crippen molar-refractivity contribution < 1.29 is 28.2 Å². The van der Waals surface area contributed by atoms with E-state index in [0.717, 1.165) is 44.9 Å². The molecule has 5 rings (SSSR count). The van der Waals surface area contributed by atoms with Gasteiger partial charge in [0, 0.05) is 24.8 Å². The van der Waals surface area contributed by atoms with Gasteiger partial charge in [0.15, 0.2) is 11.5 Å². The molecule has 0 spiro atoms. The van der Waals surface area contributed by atoms with E-state index in [9.17, 15) is 14.0 Å². The maximum atomic E-state index is 14.0. The summed E-state index contributed by atoms with van der Waals surface area (Å²) in [6.45, 7) is 0.555. The first kappa shape index (κ1) is 29.4. The summed E-state index contributed by atoms with van der Waals surface area (Å²) >= 11 is 0. The summed E-state index contributed by atoms with van der Waals surface area (Å²) in [7, 11) is 3.09. The van der Waals surface area contributed by atoms with Crippen LogP contribution < -0.4 is 14.8 Å². The van der Waals surface area contributed by atoms with Gasteiger partial charge < -0.3 is 24.4 Å². The molecule has 1 saturated carbocycles. The number of hydrogen-bond acceptors (Lipinski definition) is 8. The molecule has 2 aromatic carbocycles. The van der Waals surface area contributed by atoms with Gasteiger partial charge in [-0.3, -0.25) is 9.59 Å². The van der Waals surface area contributed by atoms with E-state index in [1.807, 2.05) is 0 Å². The van der Waals surface area contributed by atoms with Gasteiger partial charge >= 0.3 is 0 Å². The van der Waals surface area contributed by atoms with Crippen LogP contribution >= 0.6 is 0 Å². The zero-order chi connectivity index (χ0) is 29.5. The summed E-state index contributed by atoms with van der Waals surface area (Å²) < 4.78 is 30.4. The standard InChI is InChI=1S/C30H37FN6O5/c1-40-25-15-12-21(17-26(25)41-2)29-33-35-37(34-29)19-27(38)36(18-24-9-6-16-42-24)28(20-10-13-22(31)14-11-20)30(39)32-23-7-4-3-5-8-23/h10-15,17,23-24,28H,3-9,16,18-19H2,1-2H3,(H,32,39)/t24-,28-/m1/s1. The quantitative estimate of drug-likeness (QED) is 0.365. The Hall–Kier alpha value is -4.06. The highest BCUT2D eigenvalue weighted by Crippen LogP contribution is 2.31. The number of halogens is 1. The second kappa shape index (κ2) is 13.7. The fraction of sp³-hybridized carbons (Fsp3) is 0.500. The van der Waals surface area contributed by atoms with Gasteiger partial charge in [0.2, 0.25) is 17.6 Å². The fourth-order valence-corrected chi connectivity index (χ4v) is 5.62. The Bertz CT molecular complexity index is 1350. The minimum absolute atomic E-state index is 0.0370. The Morgan fingerprint density at radius 3 is 2.50 bits per heavy atom. The third-order valence-corrected chi connectivity index (χ3v) is 7.81. The van der Waals surface area contributed by atoms with Crippen LogP contribution in [-0.4, -0.2) is 76.4 Å². The summed E-state index contributed by atoms with van der Waals surface area (Å²) in [6.07, 6.45) is 6.46. The SMILES string of the molecule is COc1ccc(-c2nnn(CC(=O)N(C[C@H]3CCCO3)[C@@H](C(=O)NC3CCCCC3)c3ccc(F)cc3)n2)cc1OC. The molecule has 11 nitrogen and oxygen atoms in total. The van der Waals surface area contributed by atoms with Gasteiger partial charge in [-0.25, -0.2) is 4.39 Å². The van der Waals surface area contributed by atoms with Crippen molar-refractivity contribution in [1.82, 2.24) is 30.4 Å². The summed E-state index contributed by atoms with van der Waals surface area (Å²) in [5.74, 6) is 0.284. The first-order valence-electron chi connectivity index (χ1n) is 14.4. The molecule has 2 heterocycles. The molecule has 0 bridgehead atoms. The van der Waals surface area contributed by atoms with E-state index in [0.29, 0.717) is 35.1 Å². The number of hydrogen-bond donors (Lipinski definition) is 1. The van der Waals surface area contributed by atoms with Gasteiger partial charge in [-0.2, -0.15) is 4.80 Å². The van der Waals surface area contributed by atoms with Crippen LogP contribution in [0.1, 0.15) is 56.6 Å². The number of aromatic nitrogens is 4. The van der Waals surface area contributed by atoms with E-state index in [1.165, 1.54) is 28.9 Å². The van der Waals surface area contributed by atoms with Crippen LogP contribution in [0.5, 0.6) is 11.5 Å². The summed E-state index contributed by atoms with van der Waals surface area (Å²) in [4.78, 5) is 30.5. The lowest BCUT2D eigenvalue weighted by atomic mass is 9.94. The second-order valence-corrected chi connectivity index (χ2v) is 10.7. The normalized spacial score (nSPS) is 17.9. The zero-order valence-corrected chi connectivity index (χ0v) is 24.0. The Morgan fingerprint density at radius 1 is 1.05 bits per heavy atom. The van der Waals surface area contributed by atoms with Crippen LogP contribution in [0.3, 0.4) is 0 Å². The van der Waals surface area contributed by atoms with E-state index in [2.05, 4.69) is 20.7 Å². The average molecular weight is 581 g/mol. The molecule has 1 saturated heterocycles. The summed E-state index contributed by atoms with van der Waals surface area (Å²) in [5, 5.41) is 15.8. The van der Waals surface area contributed by atoms with Crippen LogP contribution in [0.2, 0.25) is 0 Å². The Labute approximate surface area is 244 Å². The smallest absolute Gasteiger partial charge is 0.247 e. The zero-order valence-electron chi connectivity index (χ0n) is 24.0. The number of benzene rings is 2. The molecule has 0 unspecified atom stereocenters. The summed E-state index contributed by atoms with van der Waals surface area (Å²) in [5.41, 5.74) is 1.16. The van der Waals surface area contributed by atoms with Crippen molar-refractivity contribution in [2.24, 2.45) is 0 Å². The molecule has 2 amide bonds. The molecule has 2 atom stereocenters. The van der Waals surface area contributed by atoms with Gasteiger partial charge in [0.25, 0.3) is 0 Å². The van der Waals surface area contributed by atoms with Crippen molar-refractivity contribution in [2.75, 3.05) is 27.4 Å². The number of carbonyl (C=O) groups is 2. The van der Waals surface area contributed by atoms with Crippen LogP contribution in [-0.2, 0) is 20.9 Å². The number of rotatable bonds is 11. The van der Waals surface area contributed by atoms with Gasteiger partial charge in [0.05, 0.1) is 20.3 Å². The molecular formula is C30H37FN6O5. The highest BCUT2D eigenvalue weighted by Gasteiger charge is 2.35. The number of carbonyl (C=O) groups excluding carboxylic acids is 2. The van der Waals surface area contributed by atoms with E-state index >= 15 is 0 Å². The maximum Gasteiger partial charge on any atom is 0.247 e. The van der Waals surface area contributed by atoms with E-state index < -0.39 is 11.9 Å². The Balaban J connectivity index is 1.41. The lowest BCUT2D eigenvalue weighted by Gasteiger charge is -2.34. The molecule has 1 aliphatic carbocycles. The Kier molecular flexibility index (Phi) is 9.63. The molecule has 0 radical (unpaired) electrons. The molecule has 224 valence electrons. The number of amides is 2. The first-order valence-corrected chi connectivity index (χ1v) is 14.4. The molecule has 12 heteroatoms. The molecule has 2 fully saturated rings. The number of methoxy groups -OCH3 is 2. The third kappa shape index (κ3) is 7.04. The largest absolute Gasteiger partial charge is 0.493 e. The minimum Gasteiger partial charge on any atom is -0.493 e. The molecule has 3 aromatic rings. The topological polar surface area (TPSA) is 121 Å². The van der Waals surface area contributed by atoms with Crippen molar-refractivity contribution in [2.45, 2.75) is 69.7 Å². The van der Waals surface area contributed by atoms with Crippen LogP contribution in [0.25, 0.3) is 11.4 Å². The van der Waals surface area contributed by atoms with Crippen molar-refractivity contribution >= 4 is 11.8 Å². The van der Waals surface area contributed by atoms with Crippen molar-refractivity contribution in [3.63, 3.8) is 0 Å². The van der Waals surface area contributed by atoms with Gasteiger partial charge in [-0.05, 0) is 66.8 Å². The molecule has 1 aliphatic heterocycles. The highest BCUT2D eigenvalue weighted by molar-refractivity contribution is 5.89. The summed E-state index contributed by atoms with van der Waals surface area (Å²) in [6, 6.07) is 10.0. The number of nitrogens with zero attached hydrogens (tertiary/aromatic N) is 5. The average Bonchev–Trinajstić information content (AvgIpc) is 3.70. The van der Waals surface area contributed by atoms with Crippen LogP contribution in [0.15, 0.2) is 42.5 Å². The lowest BCUT2D eigenvalue weighted by Crippen LogP contribution is -2.50. The predicted molar refractivity (Wildman–Crippen MR) is 151 cm³/mol. The molecule has 2 aliphatic rings. The van der Waals surface area contributed by atoms with Crippen LogP contribution in [0, 0.1) is 5.82 Å². The third-order valence-electron chi connectivity index (χ3n) is 7.81. The second-order valence-electron chi connectivity index (χ2n) is 10.7. The van der Waals surface area contributed by atoms with Crippen molar-refractivity contribution in [3.8, 4) is 22.9 Å². The molecule has 1 aromatic heterocycles. The minimum atomic E-state index is -0.974. The van der Waals surface area contributed by atoms with Crippen LogP contribution in [0.4, 0.5) is 4.39 Å². The fourth-order valence-electron chi connectivity index (χ4n) is 5.62. The van der Waals surface area contributed by atoms with Gasteiger partial charge in [-0.1, -0.05) is 31.4 Å². The van der Waals surface area contributed by atoms with Gasteiger partial charge in [-0.15, -0.1) is 10.2 Å². The number of tetrazole rings is 1. The molecule has 1 N–H and O–H groups in total. The highest BCUT2D eigenvalue weighted by atomic mass is 19.1. The maximum absolute atomic E-state index is 14.0. The molecular weight excluding hydrogens is 543 g/mol. The number of nitrogens with one attached hydrogen (secondary N) is 1. The predicted octanol–water partition coefficient (Wildman–Crippen LogP) is 3.69. The first-order chi connectivity index (χ1) is 20.4.